The maximum absolute atomic E-state index is 12.4. The fourth-order valence-corrected chi connectivity index (χ4v) is 3.61. The van der Waals surface area contributed by atoms with Crippen LogP contribution in [0.5, 0.6) is 0 Å². The summed E-state index contributed by atoms with van der Waals surface area (Å²) in [7, 11) is 0. The van der Waals surface area contributed by atoms with Gasteiger partial charge in [-0.1, -0.05) is 24.3 Å². The number of hydrogen-bond acceptors (Lipinski definition) is 3. The van der Waals surface area contributed by atoms with Crippen molar-refractivity contribution >= 4 is 17.7 Å². The lowest BCUT2D eigenvalue weighted by Gasteiger charge is -2.21. The van der Waals surface area contributed by atoms with Crippen LogP contribution in [0.25, 0.3) is 0 Å². The first-order valence-electron chi connectivity index (χ1n) is 7.40. The molecule has 0 aliphatic carbocycles. The van der Waals surface area contributed by atoms with Gasteiger partial charge in [0.25, 0.3) is 5.91 Å². The maximum Gasteiger partial charge on any atom is 0.252 e. The number of nitrogens with one attached hydrogen (secondary N) is 1. The molecule has 4 heteroatoms. The minimum Gasteiger partial charge on any atom is -0.351 e. The lowest BCUT2D eigenvalue weighted by molar-refractivity contribution is 0.0953. The fraction of sp³-hybridized carbons (Fsp3) is 0.471. The molecule has 21 heavy (non-hydrogen) atoms. The largest absolute Gasteiger partial charge is 0.351 e. The molecule has 0 aromatic heterocycles. The molecule has 0 saturated carbocycles. The van der Waals surface area contributed by atoms with Crippen molar-refractivity contribution in [1.82, 2.24) is 5.32 Å². The van der Waals surface area contributed by atoms with E-state index in [2.05, 4.69) is 17.2 Å². The first kappa shape index (κ1) is 15.9. The molecule has 1 heterocycles. The summed E-state index contributed by atoms with van der Waals surface area (Å²) >= 11 is 1.96. The van der Waals surface area contributed by atoms with E-state index in [1.807, 2.05) is 36.9 Å². The van der Waals surface area contributed by atoms with Crippen LogP contribution in [0.2, 0.25) is 0 Å². The summed E-state index contributed by atoms with van der Waals surface area (Å²) in [5.74, 6) is 6.99. The number of nitrogens with two attached hydrogens (primary N) is 1. The average Bonchev–Trinajstić information content (AvgIpc) is 2.51. The third kappa shape index (κ3) is 4.80. The van der Waals surface area contributed by atoms with E-state index in [0.717, 1.165) is 17.7 Å². The van der Waals surface area contributed by atoms with Gasteiger partial charge in [0.15, 0.2) is 0 Å². The van der Waals surface area contributed by atoms with E-state index in [9.17, 15) is 4.79 Å². The molecule has 0 spiro atoms. The van der Waals surface area contributed by atoms with E-state index in [-0.39, 0.29) is 5.91 Å². The van der Waals surface area contributed by atoms with E-state index < -0.39 is 0 Å². The molecule has 1 saturated heterocycles. The Balaban J connectivity index is 2.03. The Hall–Kier alpha value is -1.44. The van der Waals surface area contributed by atoms with Gasteiger partial charge in [-0.25, -0.2) is 0 Å². The van der Waals surface area contributed by atoms with Crippen molar-refractivity contribution in [1.29, 1.82) is 0 Å². The molecule has 1 fully saturated rings. The van der Waals surface area contributed by atoms with Gasteiger partial charge in [0, 0.05) is 17.4 Å². The van der Waals surface area contributed by atoms with Crippen molar-refractivity contribution in [3.05, 3.63) is 34.9 Å². The number of hydrogen-bond donors (Lipinski definition) is 2. The second-order valence-corrected chi connectivity index (χ2v) is 6.66. The first-order chi connectivity index (χ1) is 10.2. The first-order valence-corrected chi connectivity index (χ1v) is 8.45. The number of benzene rings is 1. The molecule has 2 rings (SSSR count). The monoisotopic (exact) mass is 302 g/mol. The van der Waals surface area contributed by atoms with Crippen LogP contribution in [0, 0.1) is 18.8 Å². The molecule has 1 atom stereocenters. The average molecular weight is 302 g/mol. The topological polar surface area (TPSA) is 55.1 Å². The molecule has 1 aliphatic rings. The van der Waals surface area contributed by atoms with Crippen molar-refractivity contribution in [2.24, 2.45) is 5.73 Å². The van der Waals surface area contributed by atoms with E-state index in [1.54, 1.807) is 0 Å². The molecule has 1 unspecified atom stereocenters. The van der Waals surface area contributed by atoms with Gasteiger partial charge in [0.05, 0.1) is 12.1 Å². The second kappa shape index (κ2) is 8.11. The van der Waals surface area contributed by atoms with Crippen LogP contribution < -0.4 is 11.1 Å². The lowest BCUT2D eigenvalue weighted by atomic mass is 10.0. The Morgan fingerprint density at radius 3 is 3.05 bits per heavy atom. The van der Waals surface area contributed by atoms with Crippen molar-refractivity contribution in [3.63, 3.8) is 0 Å². The third-order valence-electron chi connectivity index (χ3n) is 3.51. The van der Waals surface area contributed by atoms with Crippen LogP contribution in [0.4, 0.5) is 0 Å². The predicted octanol–water partition coefficient (Wildman–Crippen LogP) is 2.32. The van der Waals surface area contributed by atoms with Crippen LogP contribution in [0.3, 0.4) is 0 Å². The molecule has 1 aromatic rings. The molecule has 1 aliphatic heterocycles. The maximum atomic E-state index is 12.4. The number of carbonyl (C=O) groups is 1. The van der Waals surface area contributed by atoms with Crippen LogP contribution in [-0.4, -0.2) is 30.0 Å². The van der Waals surface area contributed by atoms with Crippen LogP contribution >= 0.6 is 11.8 Å². The molecular formula is C17H22N2OS. The summed E-state index contributed by atoms with van der Waals surface area (Å²) in [6.07, 6.45) is 3.76. The molecule has 3 N–H and O–H groups in total. The fourth-order valence-electron chi connectivity index (χ4n) is 2.38. The quantitative estimate of drug-likeness (QED) is 0.843. The molecular weight excluding hydrogens is 280 g/mol. The van der Waals surface area contributed by atoms with Gasteiger partial charge < -0.3 is 11.1 Å². The zero-order valence-electron chi connectivity index (χ0n) is 12.4. The Morgan fingerprint density at radius 2 is 2.33 bits per heavy atom. The molecule has 3 nitrogen and oxygen atoms in total. The van der Waals surface area contributed by atoms with Gasteiger partial charge in [-0.2, -0.15) is 11.8 Å². The highest BCUT2D eigenvalue weighted by Gasteiger charge is 2.16. The molecule has 1 aromatic carbocycles. The smallest absolute Gasteiger partial charge is 0.252 e. The second-order valence-electron chi connectivity index (χ2n) is 5.25. The summed E-state index contributed by atoms with van der Waals surface area (Å²) in [6.45, 7) is 3.03. The van der Waals surface area contributed by atoms with Crippen LogP contribution in [0.1, 0.15) is 40.7 Å². The number of carbonyl (C=O) groups excluding carboxylic acids is 1. The van der Waals surface area contributed by atoms with Crippen LogP contribution in [-0.2, 0) is 0 Å². The van der Waals surface area contributed by atoms with E-state index >= 15 is 0 Å². The third-order valence-corrected chi connectivity index (χ3v) is 4.91. The van der Waals surface area contributed by atoms with Crippen molar-refractivity contribution in [2.75, 3.05) is 18.8 Å². The number of thioether (sulfide) groups is 1. The van der Waals surface area contributed by atoms with Crippen molar-refractivity contribution < 1.29 is 4.79 Å². The van der Waals surface area contributed by atoms with Crippen LogP contribution in [0.15, 0.2) is 18.2 Å². The minimum absolute atomic E-state index is 0.0394. The SMILES string of the molecule is Cc1ccc(C(=O)NCC2CCCCS2)c(C#CCN)c1. The predicted molar refractivity (Wildman–Crippen MR) is 89.5 cm³/mol. The van der Waals surface area contributed by atoms with Crippen molar-refractivity contribution in [3.8, 4) is 11.8 Å². The molecule has 112 valence electrons. The Morgan fingerprint density at radius 1 is 1.48 bits per heavy atom. The normalized spacial score (nSPS) is 17.7. The highest BCUT2D eigenvalue weighted by atomic mass is 32.2. The van der Waals surface area contributed by atoms with Gasteiger partial charge in [-0.05, 0) is 43.2 Å². The molecule has 0 bridgehead atoms. The van der Waals surface area contributed by atoms with E-state index in [1.165, 1.54) is 25.0 Å². The lowest BCUT2D eigenvalue weighted by Crippen LogP contribution is -2.32. The van der Waals surface area contributed by atoms with Gasteiger partial charge in [-0.3, -0.25) is 4.79 Å². The zero-order chi connectivity index (χ0) is 15.1. The van der Waals surface area contributed by atoms with Gasteiger partial charge in [-0.15, -0.1) is 0 Å². The highest BCUT2D eigenvalue weighted by Crippen LogP contribution is 2.24. The van der Waals surface area contributed by atoms with Gasteiger partial charge >= 0.3 is 0 Å². The number of rotatable bonds is 3. The number of aryl methyl sites for hydroxylation is 1. The molecule has 1 amide bonds. The van der Waals surface area contributed by atoms with E-state index in [4.69, 9.17) is 5.73 Å². The summed E-state index contributed by atoms with van der Waals surface area (Å²) in [4.78, 5) is 12.4. The highest BCUT2D eigenvalue weighted by molar-refractivity contribution is 7.99. The summed E-state index contributed by atoms with van der Waals surface area (Å²) in [6, 6.07) is 5.73. The summed E-state index contributed by atoms with van der Waals surface area (Å²) in [5.41, 5.74) is 7.91. The summed E-state index contributed by atoms with van der Waals surface area (Å²) < 4.78 is 0. The Labute approximate surface area is 131 Å². The van der Waals surface area contributed by atoms with Gasteiger partial charge in [0.1, 0.15) is 0 Å². The minimum atomic E-state index is -0.0394. The molecule has 0 radical (unpaired) electrons. The van der Waals surface area contributed by atoms with Gasteiger partial charge in [0.2, 0.25) is 0 Å². The number of amides is 1. The van der Waals surface area contributed by atoms with Crippen molar-refractivity contribution in [2.45, 2.75) is 31.4 Å². The zero-order valence-corrected chi connectivity index (χ0v) is 13.3. The Kier molecular flexibility index (Phi) is 6.16. The van der Waals surface area contributed by atoms with E-state index in [0.29, 0.717) is 17.4 Å². The summed E-state index contributed by atoms with van der Waals surface area (Å²) in [5, 5.41) is 3.59. The standard InChI is InChI=1S/C17H22N2OS/c1-13-7-8-16(14(11-13)5-4-9-18)17(20)19-12-15-6-2-3-10-21-15/h7-8,11,15H,2-3,6,9-10,12,18H2,1H3,(H,19,20). The Bertz CT molecular complexity index is 554.